The maximum Gasteiger partial charge on any atom is 0.259 e. The highest BCUT2D eigenvalue weighted by molar-refractivity contribution is 5.87. The highest BCUT2D eigenvalue weighted by Gasteiger charge is 2.43. The van der Waals surface area contributed by atoms with Gasteiger partial charge in [0, 0.05) is 5.69 Å². The van der Waals surface area contributed by atoms with Gasteiger partial charge in [-0.25, -0.2) is 0 Å². The van der Waals surface area contributed by atoms with Crippen LogP contribution in [0.4, 0.5) is 5.69 Å². The standard InChI is InChI=1S/C16H18N2O7/c19-5-8-3-7-1-2-9(4-10(7)18-15(8)23)17-12-14(22)13(21)11(6-20)25-16(12)24/h1-5,11-14,16-17,20-22,24H,6H2,(H,18,23)/t11?,12?,13-,14-,16?/m0/s1. The number of H-pyrrole nitrogens is 1. The maximum absolute atomic E-state index is 11.7. The molecule has 1 aromatic carbocycles. The molecule has 0 amide bonds. The molecule has 0 bridgehead atoms. The molecular weight excluding hydrogens is 332 g/mol. The summed E-state index contributed by atoms with van der Waals surface area (Å²) in [6.07, 6.45) is -4.83. The first-order chi connectivity index (χ1) is 11.9. The third-order valence-corrected chi connectivity index (χ3v) is 4.24. The van der Waals surface area contributed by atoms with Crippen LogP contribution in [-0.4, -0.2) is 68.9 Å². The Morgan fingerprint density at radius 1 is 1.20 bits per heavy atom. The molecule has 1 aliphatic rings. The maximum atomic E-state index is 11.7. The molecule has 9 heteroatoms. The number of anilines is 1. The highest BCUT2D eigenvalue weighted by Crippen LogP contribution is 2.24. The fourth-order valence-electron chi connectivity index (χ4n) is 2.84. The van der Waals surface area contributed by atoms with Gasteiger partial charge in [-0.2, -0.15) is 0 Å². The number of aromatic nitrogens is 1. The number of aliphatic hydroxyl groups is 4. The van der Waals surface area contributed by atoms with Gasteiger partial charge in [0.2, 0.25) is 0 Å². The molecule has 25 heavy (non-hydrogen) atoms. The van der Waals surface area contributed by atoms with Gasteiger partial charge < -0.3 is 35.5 Å². The molecule has 5 atom stereocenters. The average molecular weight is 350 g/mol. The zero-order valence-electron chi connectivity index (χ0n) is 13.0. The molecule has 2 aromatic rings. The van der Waals surface area contributed by atoms with Crippen LogP contribution in [0.15, 0.2) is 29.1 Å². The summed E-state index contributed by atoms with van der Waals surface area (Å²) in [5, 5.41) is 42.6. The molecular formula is C16H18N2O7. The second kappa shape index (κ2) is 6.90. The van der Waals surface area contributed by atoms with E-state index in [1.54, 1.807) is 18.2 Å². The summed E-state index contributed by atoms with van der Waals surface area (Å²) >= 11 is 0. The molecule has 0 spiro atoms. The largest absolute Gasteiger partial charge is 0.394 e. The van der Waals surface area contributed by atoms with Crippen LogP contribution in [0.25, 0.3) is 10.9 Å². The lowest BCUT2D eigenvalue weighted by molar-refractivity contribution is -0.245. The number of hydrogen-bond acceptors (Lipinski definition) is 8. The average Bonchev–Trinajstić information content (AvgIpc) is 2.61. The number of benzene rings is 1. The Morgan fingerprint density at radius 2 is 1.96 bits per heavy atom. The van der Waals surface area contributed by atoms with Gasteiger partial charge in [-0.1, -0.05) is 6.07 Å². The number of aldehydes is 1. The van der Waals surface area contributed by atoms with E-state index >= 15 is 0 Å². The Hall–Kier alpha value is -2.30. The zero-order chi connectivity index (χ0) is 18.1. The Balaban J connectivity index is 1.87. The van der Waals surface area contributed by atoms with E-state index in [2.05, 4.69) is 10.3 Å². The first-order valence-corrected chi connectivity index (χ1v) is 7.64. The van der Waals surface area contributed by atoms with E-state index in [1.165, 1.54) is 6.07 Å². The van der Waals surface area contributed by atoms with Crippen molar-refractivity contribution in [2.75, 3.05) is 11.9 Å². The van der Waals surface area contributed by atoms with Crippen LogP contribution >= 0.6 is 0 Å². The van der Waals surface area contributed by atoms with Crippen molar-refractivity contribution in [3.05, 3.63) is 40.2 Å². The third kappa shape index (κ3) is 3.28. The second-order valence-electron chi connectivity index (χ2n) is 5.87. The second-order valence-corrected chi connectivity index (χ2v) is 5.87. The molecule has 0 radical (unpaired) electrons. The van der Waals surface area contributed by atoms with E-state index < -0.39 is 42.8 Å². The SMILES string of the molecule is O=Cc1cc2ccc(NC3C(O)OC(CO)[C@H](O)[C@H]3O)cc2[nH]c1=O. The van der Waals surface area contributed by atoms with Crippen molar-refractivity contribution >= 4 is 22.9 Å². The first-order valence-electron chi connectivity index (χ1n) is 7.64. The van der Waals surface area contributed by atoms with E-state index in [-0.39, 0.29) is 5.56 Å². The minimum absolute atomic E-state index is 0.0119. The van der Waals surface area contributed by atoms with Gasteiger partial charge in [0.15, 0.2) is 12.6 Å². The number of nitrogens with one attached hydrogen (secondary N) is 2. The van der Waals surface area contributed by atoms with Gasteiger partial charge in [-0.15, -0.1) is 0 Å². The minimum atomic E-state index is -1.46. The molecule has 0 saturated carbocycles. The van der Waals surface area contributed by atoms with Crippen molar-refractivity contribution in [2.45, 2.75) is 30.6 Å². The van der Waals surface area contributed by atoms with Crippen LogP contribution in [0.3, 0.4) is 0 Å². The highest BCUT2D eigenvalue weighted by atomic mass is 16.6. The fraction of sp³-hybridized carbons (Fsp3) is 0.375. The molecule has 0 aliphatic carbocycles. The summed E-state index contributed by atoms with van der Waals surface area (Å²) in [5.41, 5.74) is 0.387. The van der Waals surface area contributed by atoms with Crippen LogP contribution in [-0.2, 0) is 4.74 Å². The third-order valence-electron chi connectivity index (χ3n) is 4.24. The smallest absolute Gasteiger partial charge is 0.259 e. The number of carbonyl (C=O) groups is 1. The summed E-state index contributed by atoms with van der Waals surface area (Å²) in [5.74, 6) is 0. The summed E-state index contributed by atoms with van der Waals surface area (Å²) < 4.78 is 5.08. The fourth-order valence-corrected chi connectivity index (χ4v) is 2.84. The number of hydrogen-bond donors (Lipinski definition) is 6. The number of ether oxygens (including phenoxy) is 1. The monoisotopic (exact) mass is 350 g/mol. The molecule has 3 rings (SSSR count). The van der Waals surface area contributed by atoms with Crippen molar-refractivity contribution in [3.8, 4) is 0 Å². The van der Waals surface area contributed by atoms with E-state index in [4.69, 9.17) is 9.84 Å². The van der Waals surface area contributed by atoms with Crippen molar-refractivity contribution in [1.29, 1.82) is 0 Å². The van der Waals surface area contributed by atoms with E-state index in [1.807, 2.05) is 0 Å². The predicted molar refractivity (Wildman–Crippen MR) is 87.3 cm³/mol. The van der Waals surface area contributed by atoms with Crippen LogP contribution in [0.1, 0.15) is 10.4 Å². The zero-order valence-corrected chi connectivity index (χ0v) is 13.0. The van der Waals surface area contributed by atoms with Gasteiger partial charge in [0.05, 0.1) is 17.7 Å². The summed E-state index contributed by atoms with van der Waals surface area (Å²) in [7, 11) is 0. The topological polar surface area (TPSA) is 152 Å². The van der Waals surface area contributed by atoms with Gasteiger partial charge >= 0.3 is 0 Å². The Kier molecular flexibility index (Phi) is 4.84. The molecule has 134 valence electrons. The number of carbonyl (C=O) groups excluding carboxylic acids is 1. The summed E-state index contributed by atoms with van der Waals surface area (Å²) in [6, 6.07) is 5.24. The molecule has 1 aliphatic heterocycles. The number of rotatable bonds is 4. The van der Waals surface area contributed by atoms with Crippen LogP contribution in [0, 0.1) is 0 Å². The molecule has 2 heterocycles. The van der Waals surface area contributed by atoms with Gasteiger partial charge in [-0.3, -0.25) is 9.59 Å². The first kappa shape index (κ1) is 17.5. The van der Waals surface area contributed by atoms with Gasteiger partial charge in [0.25, 0.3) is 5.56 Å². The van der Waals surface area contributed by atoms with Crippen molar-refractivity contribution in [2.24, 2.45) is 0 Å². The van der Waals surface area contributed by atoms with E-state index in [9.17, 15) is 24.9 Å². The van der Waals surface area contributed by atoms with Crippen LogP contribution in [0.5, 0.6) is 0 Å². The lowest BCUT2D eigenvalue weighted by Gasteiger charge is -2.40. The number of fused-ring (bicyclic) bond motifs is 1. The summed E-state index contributed by atoms with van der Waals surface area (Å²) in [6.45, 7) is -0.543. The number of aliphatic hydroxyl groups excluding tert-OH is 4. The molecule has 6 N–H and O–H groups in total. The van der Waals surface area contributed by atoms with E-state index in [0.717, 1.165) is 0 Å². The Bertz CT molecular complexity index is 837. The molecule has 1 aromatic heterocycles. The lowest BCUT2D eigenvalue weighted by Crippen LogP contribution is -2.61. The Morgan fingerprint density at radius 3 is 2.64 bits per heavy atom. The van der Waals surface area contributed by atoms with Crippen molar-refractivity contribution < 1.29 is 30.0 Å². The number of pyridine rings is 1. The van der Waals surface area contributed by atoms with Crippen molar-refractivity contribution in [3.63, 3.8) is 0 Å². The Labute approximate surface area is 141 Å². The molecule has 1 saturated heterocycles. The lowest BCUT2D eigenvalue weighted by atomic mass is 9.97. The quantitative estimate of drug-likeness (QED) is 0.366. The van der Waals surface area contributed by atoms with Crippen LogP contribution < -0.4 is 10.9 Å². The minimum Gasteiger partial charge on any atom is -0.394 e. The summed E-state index contributed by atoms with van der Waals surface area (Å²) in [4.78, 5) is 25.1. The normalized spacial score (nSPS) is 29.5. The van der Waals surface area contributed by atoms with Crippen molar-refractivity contribution in [1.82, 2.24) is 4.98 Å². The number of aromatic amines is 1. The van der Waals surface area contributed by atoms with Gasteiger partial charge in [-0.05, 0) is 23.6 Å². The molecule has 3 unspecified atom stereocenters. The molecule has 9 nitrogen and oxygen atoms in total. The van der Waals surface area contributed by atoms with E-state index in [0.29, 0.717) is 22.9 Å². The molecule has 1 fully saturated rings. The predicted octanol–water partition coefficient (Wildman–Crippen LogP) is -1.45. The van der Waals surface area contributed by atoms with Gasteiger partial charge in [0.1, 0.15) is 24.4 Å². The van der Waals surface area contributed by atoms with Crippen LogP contribution in [0.2, 0.25) is 0 Å².